The number of nitrogens with two attached hydrogens (primary N) is 1. The highest BCUT2D eigenvalue weighted by Gasteiger charge is 2.21. The fourth-order valence-electron chi connectivity index (χ4n) is 1.94. The number of hydrogen-bond acceptors (Lipinski definition) is 2. The van der Waals surface area contributed by atoms with E-state index in [0.717, 1.165) is 37.8 Å². The van der Waals surface area contributed by atoms with E-state index < -0.39 is 0 Å². The van der Waals surface area contributed by atoms with Crippen LogP contribution < -0.4 is 5.73 Å². The maximum absolute atomic E-state index is 5.73. The molecule has 1 aromatic rings. The number of rotatable bonds is 5. The number of H-pyrrole nitrogens is 1. The Kier molecular flexibility index (Phi) is 4.62. The first-order valence-corrected chi connectivity index (χ1v) is 6.23. The minimum atomic E-state index is 0.0439. The number of aryl methyl sites for hydroxylation is 1. The lowest BCUT2D eigenvalue weighted by Gasteiger charge is -2.17. The van der Waals surface area contributed by atoms with Gasteiger partial charge in [-0.1, -0.05) is 27.2 Å². The van der Waals surface area contributed by atoms with Crippen LogP contribution in [0.5, 0.6) is 0 Å². The number of imidazole rings is 1. The van der Waals surface area contributed by atoms with Gasteiger partial charge in [-0.15, -0.1) is 12.3 Å². The Bertz CT molecular complexity index is 391. The molecule has 0 amide bonds. The molecule has 0 unspecified atom stereocenters. The van der Waals surface area contributed by atoms with Gasteiger partial charge in [0.05, 0.1) is 5.69 Å². The third-order valence-electron chi connectivity index (χ3n) is 2.76. The lowest BCUT2D eigenvalue weighted by Crippen LogP contribution is -2.14. The Balaban J connectivity index is 2.56. The van der Waals surface area contributed by atoms with Gasteiger partial charge in [0.15, 0.2) is 5.95 Å². The van der Waals surface area contributed by atoms with Gasteiger partial charge in [-0.25, -0.2) is 4.98 Å². The van der Waals surface area contributed by atoms with Crippen molar-refractivity contribution in [2.24, 2.45) is 0 Å². The van der Waals surface area contributed by atoms with Crippen molar-refractivity contribution in [3.8, 4) is 12.3 Å². The number of aromatic amines is 1. The van der Waals surface area contributed by atoms with Gasteiger partial charge in [-0.3, -0.25) is 0 Å². The molecule has 0 radical (unpaired) electrons. The Labute approximate surface area is 104 Å². The molecule has 1 rings (SSSR count). The Hall–Kier alpha value is -1.43. The topological polar surface area (TPSA) is 54.7 Å². The third kappa shape index (κ3) is 4.14. The second kappa shape index (κ2) is 5.77. The number of unbranched alkanes of at least 4 members (excludes halogenated alkanes) is 3. The summed E-state index contributed by atoms with van der Waals surface area (Å²) in [7, 11) is 0. The van der Waals surface area contributed by atoms with Crippen molar-refractivity contribution in [3.63, 3.8) is 0 Å². The highest BCUT2D eigenvalue weighted by Crippen LogP contribution is 2.25. The summed E-state index contributed by atoms with van der Waals surface area (Å²) >= 11 is 0. The number of nitrogens with one attached hydrogen (secondary N) is 1. The molecule has 0 aliphatic rings. The predicted molar refractivity (Wildman–Crippen MR) is 72.7 cm³/mol. The van der Waals surface area contributed by atoms with Gasteiger partial charge < -0.3 is 10.7 Å². The summed E-state index contributed by atoms with van der Waals surface area (Å²) < 4.78 is 0. The minimum Gasteiger partial charge on any atom is -0.369 e. The average Bonchev–Trinajstić information content (AvgIpc) is 2.59. The van der Waals surface area contributed by atoms with Crippen LogP contribution in [-0.4, -0.2) is 9.97 Å². The van der Waals surface area contributed by atoms with Crippen LogP contribution in [0.3, 0.4) is 0 Å². The van der Waals surface area contributed by atoms with Crippen LogP contribution in [0.2, 0.25) is 0 Å². The SMILES string of the molecule is C#CCCCCCc1[nH]c(N)nc1C(C)(C)C. The van der Waals surface area contributed by atoms with Crippen molar-refractivity contribution in [1.29, 1.82) is 0 Å². The first-order valence-electron chi connectivity index (χ1n) is 6.23. The molecule has 1 aromatic heterocycles. The molecule has 0 spiro atoms. The van der Waals surface area contributed by atoms with E-state index in [4.69, 9.17) is 12.2 Å². The number of hydrogen-bond donors (Lipinski definition) is 2. The summed E-state index contributed by atoms with van der Waals surface area (Å²) in [6.07, 6.45) is 10.5. The molecular weight excluding hydrogens is 210 g/mol. The molecule has 1 heterocycles. The van der Waals surface area contributed by atoms with E-state index in [1.165, 1.54) is 5.69 Å². The number of nitrogen functional groups attached to an aromatic ring is 1. The quantitative estimate of drug-likeness (QED) is 0.606. The van der Waals surface area contributed by atoms with E-state index in [0.29, 0.717) is 5.95 Å². The van der Waals surface area contributed by atoms with Crippen molar-refractivity contribution in [3.05, 3.63) is 11.4 Å². The molecule has 3 nitrogen and oxygen atoms in total. The van der Waals surface area contributed by atoms with Crippen molar-refractivity contribution < 1.29 is 0 Å². The van der Waals surface area contributed by atoms with Crippen LogP contribution in [0.4, 0.5) is 5.95 Å². The molecule has 0 bridgehead atoms. The second-order valence-electron chi connectivity index (χ2n) is 5.46. The van der Waals surface area contributed by atoms with Gasteiger partial charge in [-0.05, 0) is 19.3 Å². The molecule has 17 heavy (non-hydrogen) atoms. The fourth-order valence-corrected chi connectivity index (χ4v) is 1.94. The summed E-state index contributed by atoms with van der Waals surface area (Å²) in [6.45, 7) is 6.47. The standard InChI is InChI=1S/C14H23N3/c1-5-6-7-8-9-10-11-12(14(2,3)4)17-13(15)16-11/h1H,6-10H2,2-4H3,(H3,15,16,17). The largest absolute Gasteiger partial charge is 0.369 e. The van der Waals surface area contributed by atoms with Crippen molar-refractivity contribution in [2.45, 2.75) is 58.3 Å². The summed E-state index contributed by atoms with van der Waals surface area (Å²) in [5.74, 6) is 3.19. The number of anilines is 1. The van der Waals surface area contributed by atoms with E-state index in [2.05, 4.69) is 36.7 Å². The molecule has 0 saturated carbocycles. The third-order valence-corrected chi connectivity index (χ3v) is 2.76. The molecule has 0 aliphatic heterocycles. The normalized spacial score (nSPS) is 11.4. The van der Waals surface area contributed by atoms with Crippen LogP contribution in [0.15, 0.2) is 0 Å². The van der Waals surface area contributed by atoms with Crippen LogP contribution in [0.25, 0.3) is 0 Å². The Morgan fingerprint density at radius 3 is 2.59 bits per heavy atom. The molecule has 0 aromatic carbocycles. The van der Waals surface area contributed by atoms with Gasteiger partial charge in [0.1, 0.15) is 0 Å². The molecule has 0 atom stereocenters. The van der Waals surface area contributed by atoms with Crippen LogP contribution >= 0.6 is 0 Å². The lowest BCUT2D eigenvalue weighted by molar-refractivity contribution is 0.560. The van der Waals surface area contributed by atoms with Crippen molar-refractivity contribution in [1.82, 2.24) is 9.97 Å². The Morgan fingerprint density at radius 1 is 1.29 bits per heavy atom. The van der Waals surface area contributed by atoms with Gasteiger partial charge in [-0.2, -0.15) is 0 Å². The van der Waals surface area contributed by atoms with Gasteiger partial charge in [0.25, 0.3) is 0 Å². The monoisotopic (exact) mass is 233 g/mol. The molecule has 0 saturated heterocycles. The summed E-state index contributed by atoms with van der Waals surface area (Å²) in [5.41, 5.74) is 8.05. The lowest BCUT2D eigenvalue weighted by atomic mass is 9.89. The second-order valence-corrected chi connectivity index (χ2v) is 5.46. The van der Waals surface area contributed by atoms with E-state index in [-0.39, 0.29) is 5.41 Å². The average molecular weight is 233 g/mol. The van der Waals surface area contributed by atoms with Crippen LogP contribution in [0.1, 0.15) is 57.8 Å². The number of aromatic nitrogens is 2. The summed E-state index contributed by atoms with van der Waals surface area (Å²) in [6, 6.07) is 0. The highest BCUT2D eigenvalue weighted by atomic mass is 15.0. The first kappa shape index (κ1) is 13.6. The van der Waals surface area contributed by atoms with Gasteiger partial charge >= 0.3 is 0 Å². The predicted octanol–water partition coefficient (Wildman–Crippen LogP) is 3.03. The van der Waals surface area contributed by atoms with Gasteiger partial charge in [0.2, 0.25) is 0 Å². The molecule has 3 heteroatoms. The van der Waals surface area contributed by atoms with Crippen LogP contribution in [-0.2, 0) is 11.8 Å². The van der Waals surface area contributed by atoms with E-state index >= 15 is 0 Å². The first-order chi connectivity index (χ1) is 7.95. The molecule has 0 aliphatic carbocycles. The maximum Gasteiger partial charge on any atom is 0.197 e. The van der Waals surface area contributed by atoms with Crippen molar-refractivity contribution >= 4 is 5.95 Å². The summed E-state index contributed by atoms with van der Waals surface area (Å²) in [5, 5.41) is 0. The summed E-state index contributed by atoms with van der Waals surface area (Å²) in [4.78, 5) is 7.56. The van der Waals surface area contributed by atoms with Gasteiger partial charge in [0, 0.05) is 17.5 Å². The zero-order chi connectivity index (χ0) is 12.9. The fraction of sp³-hybridized carbons (Fsp3) is 0.643. The smallest absolute Gasteiger partial charge is 0.197 e. The highest BCUT2D eigenvalue weighted by molar-refractivity contribution is 5.30. The number of terminal acetylenes is 1. The van der Waals surface area contributed by atoms with Crippen LogP contribution in [0, 0.1) is 12.3 Å². The maximum atomic E-state index is 5.73. The zero-order valence-electron chi connectivity index (χ0n) is 11.1. The molecular formula is C14H23N3. The molecule has 94 valence electrons. The molecule has 3 N–H and O–H groups in total. The number of nitrogens with zero attached hydrogens (tertiary/aromatic N) is 1. The van der Waals surface area contributed by atoms with E-state index in [1.807, 2.05) is 0 Å². The molecule has 0 fully saturated rings. The van der Waals surface area contributed by atoms with Crippen molar-refractivity contribution in [2.75, 3.05) is 5.73 Å². The minimum absolute atomic E-state index is 0.0439. The van der Waals surface area contributed by atoms with E-state index in [9.17, 15) is 0 Å². The zero-order valence-corrected chi connectivity index (χ0v) is 11.1. The van der Waals surface area contributed by atoms with E-state index in [1.54, 1.807) is 0 Å². The Morgan fingerprint density at radius 2 is 2.00 bits per heavy atom.